The fourth-order valence-corrected chi connectivity index (χ4v) is 2.02. The molecule has 0 aliphatic heterocycles. The van der Waals surface area contributed by atoms with Gasteiger partial charge in [0.15, 0.2) is 0 Å². The Morgan fingerprint density at radius 3 is 2.20 bits per heavy atom. The third kappa shape index (κ3) is 5.03. The normalized spacial score (nSPS) is 13.7. The fourth-order valence-electron chi connectivity index (χ4n) is 2.02. The van der Waals surface area contributed by atoms with E-state index in [4.69, 9.17) is 0 Å². The van der Waals surface area contributed by atoms with Crippen molar-refractivity contribution in [1.82, 2.24) is 10.6 Å². The number of hydrogen-bond acceptors (Lipinski definition) is 2. The van der Waals surface area contributed by atoms with E-state index in [9.17, 15) is 9.59 Å². The molecule has 0 aliphatic rings. The molecule has 0 aromatic heterocycles. The predicted octanol–water partition coefficient (Wildman–Crippen LogP) is 2.07. The smallest absolute Gasteiger partial charge is 0.242 e. The molecule has 1 rings (SSSR count). The van der Waals surface area contributed by atoms with E-state index >= 15 is 0 Å². The summed E-state index contributed by atoms with van der Waals surface area (Å²) < 4.78 is 0. The number of amides is 2. The minimum atomic E-state index is -0.476. The van der Waals surface area contributed by atoms with Gasteiger partial charge in [-0.2, -0.15) is 0 Å². The zero-order chi connectivity index (χ0) is 15.1. The Balaban J connectivity index is 2.55. The van der Waals surface area contributed by atoms with Gasteiger partial charge in [0.2, 0.25) is 11.8 Å². The molecular weight excluding hydrogens is 252 g/mol. The second kappa shape index (κ2) is 7.68. The van der Waals surface area contributed by atoms with Gasteiger partial charge in [-0.1, -0.05) is 51.1 Å². The van der Waals surface area contributed by atoms with Crippen LogP contribution in [-0.4, -0.2) is 24.4 Å². The lowest BCUT2D eigenvalue weighted by atomic mass is 10.00. The number of rotatable bonds is 6. The van der Waals surface area contributed by atoms with Crippen LogP contribution in [0, 0.1) is 5.92 Å². The first-order valence-electron chi connectivity index (χ1n) is 7.01. The van der Waals surface area contributed by atoms with E-state index in [1.165, 1.54) is 12.5 Å². The van der Waals surface area contributed by atoms with Crippen molar-refractivity contribution in [2.45, 2.75) is 39.7 Å². The van der Waals surface area contributed by atoms with E-state index in [0.29, 0.717) is 6.54 Å². The second-order valence-electron chi connectivity index (χ2n) is 5.48. The molecule has 20 heavy (non-hydrogen) atoms. The Labute approximate surface area is 121 Å². The molecule has 0 radical (unpaired) electrons. The molecule has 2 amide bonds. The van der Waals surface area contributed by atoms with Crippen LogP contribution in [0.2, 0.25) is 0 Å². The summed E-state index contributed by atoms with van der Waals surface area (Å²) in [4.78, 5) is 23.3. The molecule has 0 aliphatic carbocycles. The van der Waals surface area contributed by atoms with E-state index in [1.54, 1.807) is 0 Å². The maximum atomic E-state index is 12.1. The summed E-state index contributed by atoms with van der Waals surface area (Å²) in [5, 5.41) is 5.61. The Morgan fingerprint density at radius 2 is 1.70 bits per heavy atom. The molecule has 0 bridgehead atoms. The largest absolute Gasteiger partial charge is 0.354 e. The van der Waals surface area contributed by atoms with Crippen LogP contribution >= 0.6 is 0 Å². The summed E-state index contributed by atoms with van der Waals surface area (Å²) in [5.41, 5.74) is 1.19. The van der Waals surface area contributed by atoms with Crippen LogP contribution < -0.4 is 10.6 Å². The number of carbonyl (C=O) groups is 2. The topological polar surface area (TPSA) is 58.2 Å². The van der Waals surface area contributed by atoms with E-state index in [-0.39, 0.29) is 23.7 Å². The molecule has 0 heterocycles. The minimum absolute atomic E-state index is 0.0610. The van der Waals surface area contributed by atoms with Gasteiger partial charge >= 0.3 is 0 Å². The standard InChI is InChI=1S/C16H24N2O2/c1-11(2)15(18-13(4)19)16(20)17-10-12(3)14-8-6-5-7-9-14/h5-9,11-12,15H,10H2,1-4H3,(H,17,20)(H,18,19). The summed E-state index contributed by atoms with van der Waals surface area (Å²) in [6.07, 6.45) is 0. The Hall–Kier alpha value is -1.84. The van der Waals surface area contributed by atoms with Crippen LogP contribution in [0.1, 0.15) is 39.2 Å². The predicted molar refractivity (Wildman–Crippen MR) is 80.3 cm³/mol. The summed E-state index contributed by atoms with van der Waals surface area (Å²) in [7, 11) is 0. The molecule has 4 nitrogen and oxygen atoms in total. The molecule has 1 aromatic carbocycles. The molecule has 2 atom stereocenters. The fraction of sp³-hybridized carbons (Fsp3) is 0.500. The first-order chi connectivity index (χ1) is 9.41. The molecule has 0 spiro atoms. The first-order valence-corrected chi connectivity index (χ1v) is 7.01. The molecule has 0 saturated heterocycles. The summed E-state index contributed by atoms with van der Waals surface area (Å²) in [6.45, 7) is 7.89. The van der Waals surface area contributed by atoms with E-state index in [0.717, 1.165) is 0 Å². The van der Waals surface area contributed by atoms with Gasteiger partial charge in [0, 0.05) is 13.5 Å². The molecule has 0 saturated carbocycles. The Morgan fingerprint density at radius 1 is 1.10 bits per heavy atom. The van der Waals surface area contributed by atoms with Crippen LogP contribution in [0.5, 0.6) is 0 Å². The monoisotopic (exact) mass is 276 g/mol. The molecular formula is C16H24N2O2. The number of hydrogen-bond donors (Lipinski definition) is 2. The molecule has 0 fully saturated rings. The van der Waals surface area contributed by atoms with Crippen molar-refractivity contribution in [3.05, 3.63) is 35.9 Å². The number of carbonyl (C=O) groups excluding carboxylic acids is 2. The van der Waals surface area contributed by atoms with Crippen LogP contribution in [-0.2, 0) is 9.59 Å². The van der Waals surface area contributed by atoms with Gasteiger partial charge < -0.3 is 10.6 Å². The lowest BCUT2D eigenvalue weighted by molar-refractivity contribution is -0.129. The first kappa shape index (κ1) is 16.2. The van der Waals surface area contributed by atoms with Crippen molar-refractivity contribution < 1.29 is 9.59 Å². The third-order valence-corrected chi connectivity index (χ3v) is 3.26. The summed E-state index contributed by atoms with van der Waals surface area (Å²) in [5.74, 6) is -0.0100. The van der Waals surface area contributed by atoms with Crippen LogP contribution in [0.15, 0.2) is 30.3 Å². The van der Waals surface area contributed by atoms with E-state index in [2.05, 4.69) is 17.6 Å². The van der Waals surface area contributed by atoms with Gasteiger partial charge in [-0.3, -0.25) is 9.59 Å². The molecule has 2 unspecified atom stereocenters. The second-order valence-corrected chi connectivity index (χ2v) is 5.48. The van der Waals surface area contributed by atoms with Crippen molar-refractivity contribution in [2.75, 3.05) is 6.54 Å². The van der Waals surface area contributed by atoms with Gasteiger partial charge in [-0.15, -0.1) is 0 Å². The Bertz CT molecular complexity index is 443. The SMILES string of the molecule is CC(=O)NC(C(=O)NCC(C)c1ccccc1)C(C)C. The third-order valence-electron chi connectivity index (χ3n) is 3.26. The minimum Gasteiger partial charge on any atom is -0.354 e. The maximum Gasteiger partial charge on any atom is 0.242 e. The van der Waals surface area contributed by atoms with Crippen molar-refractivity contribution in [3.63, 3.8) is 0 Å². The van der Waals surface area contributed by atoms with E-state index in [1.807, 2.05) is 44.2 Å². The van der Waals surface area contributed by atoms with Crippen molar-refractivity contribution >= 4 is 11.8 Å². The van der Waals surface area contributed by atoms with Gasteiger partial charge in [0.1, 0.15) is 6.04 Å². The average molecular weight is 276 g/mol. The maximum absolute atomic E-state index is 12.1. The molecule has 1 aromatic rings. The molecule has 4 heteroatoms. The van der Waals surface area contributed by atoms with Gasteiger partial charge in [-0.25, -0.2) is 0 Å². The van der Waals surface area contributed by atoms with Crippen LogP contribution in [0.25, 0.3) is 0 Å². The van der Waals surface area contributed by atoms with Crippen LogP contribution in [0.3, 0.4) is 0 Å². The van der Waals surface area contributed by atoms with E-state index < -0.39 is 6.04 Å². The highest BCUT2D eigenvalue weighted by Crippen LogP contribution is 2.13. The average Bonchev–Trinajstić information content (AvgIpc) is 2.42. The lowest BCUT2D eigenvalue weighted by Gasteiger charge is -2.22. The highest BCUT2D eigenvalue weighted by molar-refractivity contribution is 5.87. The summed E-state index contributed by atoms with van der Waals surface area (Å²) >= 11 is 0. The highest BCUT2D eigenvalue weighted by atomic mass is 16.2. The van der Waals surface area contributed by atoms with Crippen LogP contribution in [0.4, 0.5) is 0 Å². The highest BCUT2D eigenvalue weighted by Gasteiger charge is 2.23. The van der Waals surface area contributed by atoms with Crippen molar-refractivity contribution in [3.8, 4) is 0 Å². The van der Waals surface area contributed by atoms with Crippen molar-refractivity contribution in [1.29, 1.82) is 0 Å². The summed E-state index contributed by atoms with van der Waals surface area (Å²) in [6, 6.07) is 9.56. The lowest BCUT2D eigenvalue weighted by Crippen LogP contribution is -2.49. The van der Waals surface area contributed by atoms with Crippen molar-refractivity contribution in [2.24, 2.45) is 5.92 Å². The van der Waals surface area contributed by atoms with Gasteiger partial charge in [0.25, 0.3) is 0 Å². The van der Waals surface area contributed by atoms with Gasteiger partial charge in [-0.05, 0) is 17.4 Å². The quantitative estimate of drug-likeness (QED) is 0.835. The zero-order valence-corrected chi connectivity index (χ0v) is 12.6. The number of nitrogens with one attached hydrogen (secondary N) is 2. The molecule has 2 N–H and O–H groups in total. The van der Waals surface area contributed by atoms with Gasteiger partial charge in [0.05, 0.1) is 0 Å². The molecule has 110 valence electrons. The Kier molecular flexibility index (Phi) is 6.22. The zero-order valence-electron chi connectivity index (χ0n) is 12.6. The number of benzene rings is 1.